The number of hydrogen-bond donors (Lipinski definition) is 1. The predicted octanol–water partition coefficient (Wildman–Crippen LogP) is 2.82. The second-order valence-corrected chi connectivity index (χ2v) is 10.5. The molecule has 1 aromatic rings. The molecule has 2 saturated carbocycles. The lowest BCUT2D eigenvalue weighted by Gasteiger charge is -2.37. The van der Waals surface area contributed by atoms with Gasteiger partial charge in [0.2, 0.25) is 17.5 Å². The number of nitrogens with zero attached hydrogens (tertiary/aromatic N) is 1. The molecule has 1 N–H and O–H groups in total. The van der Waals surface area contributed by atoms with E-state index in [0.717, 1.165) is 17.0 Å². The van der Waals surface area contributed by atoms with Gasteiger partial charge in [-0.1, -0.05) is 20.8 Å². The molecule has 1 aromatic heterocycles. The lowest BCUT2D eigenvalue weighted by Crippen LogP contribution is -2.47. The molecule has 2 heterocycles. The van der Waals surface area contributed by atoms with E-state index in [0.29, 0.717) is 36.4 Å². The van der Waals surface area contributed by atoms with Crippen LogP contribution in [0.5, 0.6) is 0 Å². The average molecular weight is 433 g/mol. The third-order valence-corrected chi connectivity index (χ3v) is 9.02. The number of carbonyl (C=O) groups excluding carboxylic acids is 4. The number of rotatable bonds is 4. The van der Waals surface area contributed by atoms with Crippen molar-refractivity contribution in [2.24, 2.45) is 16.2 Å². The van der Waals surface area contributed by atoms with Crippen molar-refractivity contribution in [1.29, 1.82) is 0 Å². The van der Waals surface area contributed by atoms with Gasteiger partial charge in [0.1, 0.15) is 10.4 Å². The van der Waals surface area contributed by atoms with E-state index in [1.165, 1.54) is 11.3 Å². The van der Waals surface area contributed by atoms with Crippen LogP contribution in [0.25, 0.3) is 0 Å². The Balaban J connectivity index is 1.75. The lowest BCUT2D eigenvalue weighted by molar-refractivity contribution is -0.147. The van der Waals surface area contributed by atoms with Gasteiger partial charge in [0, 0.05) is 23.4 Å². The number of thiophene rings is 1. The van der Waals surface area contributed by atoms with Crippen LogP contribution < -0.4 is 5.32 Å². The van der Waals surface area contributed by atoms with Crippen LogP contribution in [-0.4, -0.2) is 48.5 Å². The van der Waals surface area contributed by atoms with Crippen molar-refractivity contribution in [1.82, 2.24) is 4.90 Å². The van der Waals surface area contributed by atoms with Crippen LogP contribution in [-0.2, 0) is 32.1 Å². The fourth-order valence-corrected chi connectivity index (χ4v) is 6.83. The SMILES string of the molecule is CCOC(=O)c1c(NC(=O)C23CCC(C)(C(=O)C2=O)C3(C)C)sc2c1CCN(C)C2. The van der Waals surface area contributed by atoms with Crippen LogP contribution >= 0.6 is 11.3 Å². The molecule has 0 spiro atoms. The molecule has 0 saturated heterocycles. The first-order chi connectivity index (χ1) is 14.0. The molecule has 7 nitrogen and oxygen atoms in total. The molecule has 2 bridgehead atoms. The molecule has 1 aliphatic heterocycles. The van der Waals surface area contributed by atoms with Crippen LogP contribution in [0.1, 0.15) is 61.3 Å². The van der Waals surface area contributed by atoms with E-state index in [4.69, 9.17) is 4.74 Å². The minimum absolute atomic E-state index is 0.235. The van der Waals surface area contributed by atoms with Gasteiger partial charge >= 0.3 is 5.97 Å². The van der Waals surface area contributed by atoms with Crippen molar-refractivity contribution in [2.75, 3.05) is 25.5 Å². The van der Waals surface area contributed by atoms with E-state index in [-0.39, 0.29) is 6.61 Å². The third-order valence-electron chi connectivity index (χ3n) is 7.88. The Hall–Kier alpha value is -2.06. The summed E-state index contributed by atoms with van der Waals surface area (Å²) < 4.78 is 5.26. The van der Waals surface area contributed by atoms with Gasteiger partial charge in [-0.2, -0.15) is 0 Å². The van der Waals surface area contributed by atoms with Crippen LogP contribution in [0.15, 0.2) is 0 Å². The molecule has 0 aromatic carbocycles. The molecule has 3 aliphatic rings. The Morgan fingerprint density at radius 2 is 1.87 bits per heavy atom. The van der Waals surface area contributed by atoms with Crippen LogP contribution in [0.3, 0.4) is 0 Å². The Labute approximate surface area is 180 Å². The highest BCUT2D eigenvalue weighted by Gasteiger charge is 2.77. The van der Waals surface area contributed by atoms with Crippen molar-refractivity contribution < 1.29 is 23.9 Å². The maximum absolute atomic E-state index is 13.6. The van der Waals surface area contributed by atoms with Gasteiger partial charge in [-0.3, -0.25) is 14.4 Å². The van der Waals surface area contributed by atoms with Gasteiger partial charge in [0.25, 0.3) is 0 Å². The quantitative estimate of drug-likeness (QED) is 0.447. The normalized spacial score (nSPS) is 29.8. The molecule has 2 aliphatic carbocycles. The molecule has 162 valence electrons. The Bertz CT molecular complexity index is 980. The summed E-state index contributed by atoms with van der Waals surface area (Å²) in [5.74, 6) is -2.00. The van der Waals surface area contributed by atoms with Crippen LogP contribution in [0, 0.1) is 16.2 Å². The lowest BCUT2D eigenvalue weighted by atomic mass is 9.64. The zero-order chi connectivity index (χ0) is 22.1. The van der Waals surface area contributed by atoms with Gasteiger partial charge in [-0.25, -0.2) is 4.79 Å². The van der Waals surface area contributed by atoms with Gasteiger partial charge in [0.15, 0.2) is 0 Å². The maximum Gasteiger partial charge on any atom is 0.341 e. The minimum atomic E-state index is -1.40. The summed E-state index contributed by atoms with van der Waals surface area (Å²) in [5, 5.41) is 3.31. The summed E-state index contributed by atoms with van der Waals surface area (Å²) in [6.45, 7) is 8.94. The summed E-state index contributed by atoms with van der Waals surface area (Å²) in [7, 11) is 2.01. The van der Waals surface area contributed by atoms with Gasteiger partial charge in [-0.05, 0) is 44.2 Å². The zero-order valence-electron chi connectivity index (χ0n) is 18.1. The van der Waals surface area contributed by atoms with E-state index in [1.54, 1.807) is 13.8 Å². The standard InChI is InChI=1S/C22H28N2O5S/c1-6-29-18(27)14-12-7-10-24(5)11-13(12)30-17(14)23-19(28)22-9-8-21(4,20(22,2)3)15(25)16(22)26/h6-11H2,1-5H3,(H,23,28). The summed E-state index contributed by atoms with van der Waals surface area (Å²) >= 11 is 1.36. The number of amides is 1. The van der Waals surface area contributed by atoms with Gasteiger partial charge in [0.05, 0.1) is 12.2 Å². The first-order valence-corrected chi connectivity index (χ1v) is 11.2. The second-order valence-electron chi connectivity index (χ2n) is 9.39. The Morgan fingerprint density at radius 1 is 1.17 bits per heavy atom. The molecule has 30 heavy (non-hydrogen) atoms. The minimum Gasteiger partial charge on any atom is -0.462 e. The van der Waals surface area contributed by atoms with E-state index in [2.05, 4.69) is 10.2 Å². The highest BCUT2D eigenvalue weighted by Crippen LogP contribution is 2.69. The van der Waals surface area contributed by atoms with E-state index < -0.39 is 39.7 Å². The smallest absolute Gasteiger partial charge is 0.341 e. The van der Waals surface area contributed by atoms with Crippen molar-refractivity contribution in [3.05, 3.63) is 16.0 Å². The van der Waals surface area contributed by atoms with Crippen molar-refractivity contribution in [3.63, 3.8) is 0 Å². The van der Waals surface area contributed by atoms with Crippen LogP contribution in [0.2, 0.25) is 0 Å². The number of ether oxygens (including phenoxy) is 1. The number of fused-ring (bicyclic) bond motifs is 3. The van der Waals surface area contributed by atoms with Gasteiger partial charge < -0.3 is 15.0 Å². The number of likely N-dealkylation sites (N-methyl/N-ethyl adjacent to an activating group) is 1. The van der Waals surface area contributed by atoms with Crippen LogP contribution in [0.4, 0.5) is 5.00 Å². The molecule has 2 atom stereocenters. The fraction of sp³-hybridized carbons (Fsp3) is 0.636. The molecule has 8 heteroatoms. The Kier molecular flexibility index (Phi) is 4.74. The molecular weight excluding hydrogens is 404 g/mol. The number of ketones is 2. The zero-order valence-corrected chi connectivity index (χ0v) is 19.0. The van der Waals surface area contributed by atoms with Gasteiger partial charge in [-0.15, -0.1) is 11.3 Å². The molecule has 2 fully saturated rings. The molecule has 0 radical (unpaired) electrons. The average Bonchev–Trinajstić information content (AvgIpc) is 3.16. The topological polar surface area (TPSA) is 92.8 Å². The first-order valence-electron chi connectivity index (χ1n) is 10.4. The molecule has 2 unspecified atom stereocenters. The van der Waals surface area contributed by atoms with E-state index in [1.807, 2.05) is 20.9 Å². The summed E-state index contributed by atoms with van der Waals surface area (Å²) in [4.78, 5) is 55.2. The number of Topliss-reactive ketones (excluding diaryl/α,β-unsaturated/α-hetero) is 2. The van der Waals surface area contributed by atoms with Crippen molar-refractivity contribution in [2.45, 2.75) is 53.5 Å². The van der Waals surface area contributed by atoms with Crippen molar-refractivity contribution >= 4 is 39.8 Å². The second kappa shape index (κ2) is 6.72. The molecule has 4 rings (SSSR count). The number of nitrogens with one attached hydrogen (secondary N) is 1. The highest BCUT2D eigenvalue weighted by molar-refractivity contribution is 7.17. The maximum atomic E-state index is 13.6. The summed E-state index contributed by atoms with van der Waals surface area (Å²) in [6, 6.07) is 0. The van der Waals surface area contributed by atoms with E-state index in [9.17, 15) is 19.2 Å². The monoisotopic (exact) mass is 432 g/mol. The van der Waals surface area contributed by atoms with E-state index >= 15 is 0 Å². The number of carbonyl (C=O) groups is 4. The summed E-state index contributed by atoms with van der Waals surface area (Å²) in [5.41, 5.74) is -1.72. The third kappa shape index (κ3) is 2.46. The summed E-state index contributed by atoms with van der Waals surface area (Å²) in [6.07, 6.45) is 1.54. The highest BCUT2D eigenvalue weighted by atomic mass is 32.1. The largest absolute Gasteiger partial charge is 0.462 e. The number of anilines is 1. The fourth-order valence-electron chi connectivity index (χ4n) is 5.52. The predicted molar refractivity (Wildman–Crippen MR) is 113 cm³/mol. The first kappa shape index (κ1) is 21.2. The molecular formula is C22H28N2O5S. The number of esters is 1. The Morgan fingerprint density at radius 3 is 2.47 bits per heavy atom. The van der Waals surface area contributed by atoms with Crippen molar-refractivity contribution in [3.8, 4) is 0 Å². The number of hydrogen-bond acceptors (Lipinski definition) is 7. The molecule has 1 amide bonds.